The summed E-state index contributed by atoms with van der Waals surface area (Å²) < 4.78 is 0. The van der Waals surface area contributed by atoms with Crippen LogP contribution in [0.2, 0.25) is 0 Å². The van der Waals surface area contributed by atoms with Gasteiger partial charge in [-0.25, -0.2) is 0 Å². The second-order valence-corrected chi connectivity index (χ2v) is 4.24. The third kappa shape index (κ3) is 5.36. The van der Waals surface area contributed by atoms with Gasteiger partial charge < -0.3 is 5.11 Å². The van der Waals surface area contributed by atoms with Crippen molar-refractivity contribution in [2.24, 2.45) is 5.41 Å². The number of Topliss-reactive ketones (excluding diaryl/α,β-unsaturated/α-hetero) is 1. The van der Waals surface area contributed by atoms with E-state index in [2.05, 4.69) is 0 Å². The molecule has 0 aromatic carbocycles. The van der Waals surface area contributed by atoms with Gasteiger partial charge in [-0.05, 0) is 7.05 Å². The summed E-state index contributed by atoms with van der Waals surface area (Å²) in [5.74, 6) is -0.861. The van der Waals surface area contributed by atoms with E-state index in [9.17, 15) is 9.59 Å². The van der Waals surface area contributed by atoms with Crippen molar-refractivity contribution in [3.8, 4) is 0 Å². The zero-order valence-corrected chi connectivity index (χ0v) is 8.63. The molecule has 0 bridgehead atoms. The third-order valence-electron chi connectivity index (χ3n) is 1.66. The summed E-state index contributed by atoms with van der Waals surface area (Å²) in [7, 11) is 1.62. The number of carbonyl (C=O) groups excluding carboxylic acids is 1. The quantitative estimate of drug-likeness (QED) is 0.701. The summed E-state index contributed by atoms with van der Waals surface area (Å²) in [5.41, 5.74) is -0.396. The summed E-state index contributed by atoms with van der Waals surface area (Å²) >= 11 is 0. The molecule has 0 saturated carbocycles. The summed E-state index contributed by atoms with van der Waals surface area (Å²) in [6, 6.07) is 0. The molecular weight excluding hydrogens is 170 g/mol. The van der Waals surface area contributed by atoms with Gasteiger partial charge in [0.1, 0.15) is 0 Å². The molecule has 0 aromatic rings. The van der Waals surface area contributed by atoms with Crippen molar-refractivity contribution >= 4 is 11.8 Å². The number of carbonyl (C=O) groups is 2. The van der Waals surface area contributed by atoms with Gasteiger partial charge in [-0.3, -0.25) is 14.5 Å². The van der Waals surface area contributed by atoms with Gasteiger partial charge in [0.2, 0.25) is 0 Å². The Morgan fingerprint density at radius 1 is 1.23 bits per heavy atom. The van der Waals surface area contributed by atoms with Crippen LogP contribution in [0.25, 0.3) is 0 Å². The molecule has 0 aliphatic heterocycles. The normalized spacial score (nSPS) is 11.8. The molecule has 0 unspecified atom stereocenters. The lowest BCUT2D eigenvalue weighted by atomic mass is 9.90. The Labute approximate surface area is 78.5 Å². The second kappa shape index (κ2) is 4.37. The average molecular weight is 187 g/mol. The molecule has 0 aliphatic rings. The highest BCUT2D eigenvalue weighted by molar-refractivity contribution is 5.85. The minimum atomic E-state index is -0.913. The van der Waals surface area contributed by atoms with E-state index in [0.717, 1.165) is 0 Å². The van der Waals surface area contributed by atoms with Gasteiger partial charge in [0.05, 0.1) is 13.1 Å². The molecule has 13 heavy (non-hydrogen) atoms. The number of hydrogen-bond acceptors (Lipinski definition) is 3. The van der Waals surface area contributed by atoms with Crippen molar-refractivity contribution in [1.82, 2.24) is 4.90 Å². The zero-order chi connectivity index (χ0) is 10.6. The third-order valence-corrected chi connectivity index (χ3v) is 1.66. The van der Waals surface area contributed by atoms with E-state index in [-0.39, 0.29) is 18.9 Å². The van der Waals surface area contributed by atoms with E-state index in [1.807, 2.05) is 20.8 Å². The molecule has 0 aliphatic carbocycles. The lowest BCUT2D eigenvalue weighted by Crippen LogP contribution is -2.36. The van der Waals surface area contributed by atoms with Crippen LogP contribution >= 0.6 is 0 Å². The minimum Gasteiger partial charge on any atom is -0.480 e. The number of hydrogen-bond donors (Lipinski definition) is 1. The lowest BCUT2D eigenvalue weighted by Gasteiger charge is -2.20. The average Bonchev–Trinajstić information content (AvgIpc) is 1.82. The molecule has 4 heteroatoms. The van der Waals surface area contributed by atoms with Gasteiger partial charge in [-0.1, -0.05) is 20.8 Å². The van der Waals surface area contributed by atoms with E-state index >= 15 is 0 Å². The molecule has 0 heterocycles. The highest BCUT2D eigenvalue weighted by Crippen LogP contribution is 2.14. The van der Waals surface area contributed by atoms with Crippen molar-refractivity contribution in [2.75, 3.05) is 20.1 Å². The topological polar surface area (TPSA) is 57.6 Å². The Morgan fingerprint density at radius 3 is 2.00 bits per heavy atom. The molecule has 0 amide bonds. The Balaban J connectivity index is 4.00. The standard InChI is InChI=1S/C9H17NO3/c1-9(2,3)7(11)5-10(4)6-8(12)13/h5-6H2,1-4H3,(H,12,13). The van der Waals surface area contributed by atoms with Gasteiger partial charge in [-0.2, -0.15) is 0 Å². The van der Waals surface area contributed by atoms with E-state index in [1.54, 1.807) is 7.05 Å². The highest BCUT2D eigenvalue weighted by Gasteiger charge is 2.22. The smallest absolute Gasteiger partial charge is 0.317 e. The number of nitrogens with zero attached hydrogens (tertiary/aromatic N) is 1. The zero-order valence-electron chi connectivity index (χ0n) is 8.63. The highest BCUT2D eigenvalue weighted by atomic mass is 16.4. The number of likely N-dealkylation sites (N-methyl/N-ethyl adjacent to an activating group) is 1. The number of ketones is 1. The van der Waals surface area contributed by atoms with Crippen LogP contribution in [0.3, 0.4) is 0 Å². The first-order valence-electron chi connectivity index (χ1n) is 4.17. The predicted molar refractivity (Wildman–Crippen MR) is 49.6 cm³/mol. The van der Waals surface area contributed by atoms with Crippen molar-refractivity contribution in [2.45, 2.75) is 20.8 Å². The molecule has 0 rings (SSSR count). The van der Waals surface area contributed by atoms with Gasteiger partial charge in [0.25, 0.3) is 0 Å². The van der Waals surface area contributed by atoms with Gasteiger partial charge >= 0.3 is 5.97 Å². The van der Waals surface area contributed by atoms with E-state index < -0.39 is 11.4 Å². The van der Waals surface area contributed by atoms with Crippen LogP contribution in [0, 0.1) is 5.41 Å². The first-order chi connectivity index (χ1) is 5.73. The molecule has 0 saturated heterocycles. The fraction of sp³-hybridized carbons (Fsp3) is 0.778. The van der Waals surface area contributed by atoms with Crippen LogP contribution in [0.15, 0.2) is 0 Å². The lowest BCUT2D eigenvalue weighted by molar-refractivity contribution is -0.138. The van der Waals surface area contributed by atoms with Crippen molar-refractivity contribution in [3.63, 3.8) is 0 Å². The maximum absolute atomic E-state index is 11.4. The SMILES string of the molecule is CN(CC(=O)O)CC(=O)C(C)(C)C. The van der Waals surface area contributed by atoms with Crippen LogP contribution in [-0.2, 0) is 9.59 Å². The van der Waals surface area contributed by atoms with Crippen LogP contribution < -0.4 is 0 Å². The monoisotopic (exact) mass is 187 g/mol. The summed E-state index contributed by atoms with van der Waals surface area (Å²) in [4.78, 5) is 23.2. The molecule has 0 atom stereocenters. The first kappa shape index (κ1) is 12.1. The molecular formula is C9H17NO3. The maximum atomic E-state index is 11.4. The molecule has 76 valence electrons. The van der Waals surface area contributed by atoms with E-state index in [0.29, 0.717) is 0 Å². The Hall–Kier alpha value is -0.900. The molecule has 0 spiro atoms. The molecule has 0 aromatic heterocycles. The summed E-state index contributed by atoms with van der Waals surface area (Å²) in [6.45, 7) is 5.56. The number of carboxylic acids is 1. The number of carboxylic acid groups (broad SMARTS) is 1. The van der Waals surface area contributed by atoms with E-state index in [4.69, 9.17) is 5.11 Å². The van der Waals surface area contributed by atoms with Crippen LogP contribution in [0.1, 0.15) is 20.8 Å². The van der Waals surface area contributed by atoms with Crippen LogP contribution in [-0.4, -0.2) is 41.9 Å². The molecule has 4 nitrogen and oxygen atoms in total. The van der Waals surface area contributed by atoms with Gasteiger partial charge in [-0.15, -0.1) is 0 Å². The predicted octanol–water partition coefficient (Wildman–Crippen LogP) is 0.618. The fourth-order valence-electron chi connectivity index (χ4n) is 0.769. The minimum absolute atomic E-state index is 0.0521. The fourth-order valence-corrected chi connectivity index (χ4v) is 0.769. The Morgan fingerprint density at radius 2 is 1.69 bits per heavy atom. The van der Waals surface area contributed by atoms with Crippen molar-refractivity contribution < 1.29 is 14.7 Å². The largest absolute Gasteiger partial charge is 0.480 e. The number of aliphatic carboxylic acids is 1. The summed E-state index contributed by atoms with van der Waals surface area (Å²) in [6.07, 6.45) is 0. The summed E-state index contributed by atoms with van der Waals surface area (Å²) in [5, 5.41) is 8.45. The van der Waals surface area contributed by atoms with Crippen LogP contribution in [0.4, 0.5) is 0 Å². The molecule has 0 fully saturated rings. The van der Waals surface area contributed by atoms with Gasteiger partial charge in [0, 0.05) is 5.41 Å². The van der Waals surface area contributed by atoms with E-state index in [1.165, 1.54) is 4.90 Å². The maximum Gasteiger partial charge on any atom is 0.317 e. The number of rotatable bonds is 4. The Bertz CT molecular complexity index is 205. The Kier molecular flexibility index (Phi) is 4.07. The van der Waals surface area contributed by atoms with Crippen molar-refractivity contribution in [3.05, 3.63) is 0 Å². The van der Waals surface area contributed by atoms with Crippen LogP contribution in [0.5, 0.6) is 0 Å². The van der Waals surface area contributed by atoms with Gasteiger partial charge in [0.15, 0.2) is 5.78 Å². The molecule has 0 radical (unpaired) electrons. The van der Waals surface area contributed by atoms with Crippen molar-refractivity contribution in [1.29, 1.82) is 0 Å². The first-order valence-corrected chi connectivity index (χ1v) is 4.17. The second-order valence-electron chi connectivity index (χ2n) is 4.24. The molecule has 1 N–H and O–H groups in total.